The average Bonchev–Trinajstić information content (AvgIpc) is 3.21. The van der Waals surface area contributed by atoms with E-state index in [-0.39, 0.29) is 18.2 Å². The summed E-state index contributed by atoms with van der Waals surface area (Å²) in [5.74, 6) is -1.48. The minimum Gasteiger partial charge on any atom is -0.480 e. The molecule has 1 fully saturated rings. The van der Waals surface area contributed by atoms with Crippen molar-refractivity contribution in [3.8, 4) is 11.1 Å². The van der Waals surface area contributed by atoms with Crippen LogP contribution in [0.4, 0.5) is 4.79 Å². The molecule has 212 valence electrons. The van der Waals surface area contributed by atoms with E-state index in [4.69, 9.17) is 4.74 Å². The lowest BCUT2D eigenvalue weighted by Gasteiger charge is -2.36. The highest BCUT2D eigenvalue weighted by Crippen LogP contribution is 2.49. The van der Waals surface area contributed by atoms with E-state index in [0.717, 1.165) is 16.7 Å². The second-order valence-corrected chi connectivity index (χ2v) is 14.5. The topological polar surface area (TPSA) is 95.9 Å². The molecule has 1 aliphatic rings. The lowest BCUT2D eigenvalue weighted by Crippen LogP contribution is -2.57. The van der Waals surface area contributed by atoms with Crippen LogP contribution in [-0.2, 0) is 19.1 Å². The number of benzene rings is 2. The Labute approximate surface area is 236 Å². The van der Waals surface area contributed by atoms with E-state index in [1.165, 1.54) is 4.90 Å². The van der Waals surface area contributed by atoms with Crippen LogP contribution in [0.25, 0.3) is 11.1 Å². The molecule has 39 heavy (non-hydrogen) atoms. The molecular formula is C31H42N2O5S. The predicted octanol–water partition coefficient (Wildman–Crippen LogP) is 6.32. The molecule has 2 N–H and O–H groups in total. The molecule has 2 aromatic rings. The highest BCUT2D eigenvalue weighted by molar-refractivity contribution is 8.00. The monoisotopic (exact) mass is 554 g/mol. The number of alkyl carbamates (subject to hydrolysis) is 1. The van der Waals surface area contributed by atoms with Gasteiger partial charge < -0.3 is 20.1 Å². The van der Waals surface area contributed by atoms with Gasteiger partial charge in [0.05, 0.1) is 4.75 Å². The maximum atomic E-state index is 14.0. The zero-order chi connectivity index (χ0) is 29.2. The fraction of sp³-hybridized carbons (Fsp3) is 0.516. The van der Waals surface area contributed by atoms with Crippen LogP contribution in [0.15, 0.2) is 54.6 Å². The Hall–Kier alpha value is -3.00. The summed E-state index contributed by atoms with van der Waals surface area (Å²) in [5, 5.41) is 13.2. The van der Waals surface area contributed by atoms with Gasteiger partial charge in [0.15, 0.2) is 0 Å². The number of aliphatic carboxylic acids is 1. The summed E-state index contributed by atoms with van der Waals surface area (Å²) in [6.07, 6.45) is -0.438. The number of nitrogens with zero attached hydrogens (tertiary/aromatic N) is 1. The molecule has 0 spiro atoms. The molecule has 2 amide bonds. The zero-order valence-corrected chi connectivity index (χ0v) is 25.1. The van der Waals surface area contributed by atoms with E-state index >= 15 is 0 Å². The number of carboxylic acid groups (broad SMARTS) is 1. The number of amides is 2. The lowest BCUT2D eigenvalue weighted by atomic mass is 9.85. The molecule has 1 aliphatic heterocycles. The molecule has 0 radical (unpaired) electrons. The van der Waals surface area contributed by atoms with Gasteiger partial charge in [-0.15, -0.1) is 11.8 Å². The summed E-state index contributed by atoms with van der Waals surface area (Å²) >= 11 is 1.68. The van der Waals surface area contributed by atoms with E-state index < -0.39 is 45.8 Å². The third-order valence-electron chi connectivity index (χ3n) is 6.65. The first-order chi connectivity index (χ1) is 18.0. The minimum atomic E-state index is -1.06. The predicted molar refractivity (Wildman–Crippen MR) is 157 cm³/mol. The molecule has 1 saturated heterocycles. The molecule has 2 aromatic carbocycles. The van der Waals surface area contributed by atoms with Crippen LogP contribution < -0.4 is 5.32 Å². The van der Waals surface area contributed by atoms with Gasteiger partial charge in [-0.3, -0.25) is 4.79 Å². The number of thioether (sulfide) groups is 1. The van der Waals surface area contributed by atoms with Gasteiger partial charge in [-0.1, -0.05) is 89.2 Å². The van der Waals surface area contributed by atoms with Crippen LogP contribution in [0.5, 0.6) is 0 Å². The van der Waals surface area contributed by atoms with Gasteiger partial charge in [-0.25, -0.2) is 9.59 Å². The van der Waals surface area contributed by atoms with E-state index in [0.29, 0.717) is 0 Å². The molecule has 0 saturated carbocycles. The SMILES string of the molecule is CC(C)S[C@@]1(c2ccc(-c3ccccc3)cc2)C[C@@H](C(=O)O)N(C(=O)C(NC(=O)OC(C)(C)C)C(C)(C)C)C1. The number of carbonyl (C=O) groups is 3. The van der Waals surface area contributed by atoms with Gasteiger partial charge in [0, 0.05) is 6.54 Å². The Morgan fingerprint density at radius 2 is 1.54 bits per heavy atom. The number of ether oxygens (including phenoxy) is 1. The second-order valence-electron chi connectivity index (χ2n) is 12.6. The number of likely N-dealkylation sites (tertiary alicyclic amines) is 1. The fourth-order valence-electron chi connectivity index (χ4n) is 4.98. The largest absolute Gasteiger partial charge is 0.480 e. The molecule has 0 aromatic heterocycles. The highest BCUT2D eigenvalue weighted by atomic mass is 32.2. The maximum Gasteiger partial charge on any atom is 0.408 e. The molecule has 8 heteroatoms. The Bertz CT molecular complexity index is 1170. The number of hydrogen-bond donors (Lipinski definition) is 2. The normalized spacial score (nSPS) is 20.5. The van der Waals surface area contributed by atoms with Crippen LogP contribution in [0.2, 0.25) is 0 Å². The number of rotatable bonds is 7. The standard InChI is InChI=1S/C31H42N2O5S/c1-20(2)39-31(23-16-14-22(15-17-23)21-12-10-9-11-13-21)18-24(27(35)36)33(19-31)26(34)25(29(3,4)5)32-28(37)38-30(6,7)8/h9-17,20,24-25H,18-19H2,1-8H3,(H,32,37)(H,35,36)/t24-,25?,31-/m0/s1. The van der Waals surface area contributed by atoms with Crippen LogP contribution >= 0.6 is 11.8 Å². The quantitative estimate of drug-likeness (QED) is 0.416. The van der Waals surface area contributed by atoms with E-state index in [1.54, 1.807) is 32.5 Å². The lowest BCUT2D eigenvalue weighted by molar-refractivity contribution is -0.150. The van der Waals surface area contributed by atoms with Crippen LogP contribution in [-0.4, -0.2) is 57.5 Å². The summed E-state index contributed by atoms with van der Waals surface area (Å²) < 4.78 is 4.81. The number of carbonyl (C=O) groups excluding carboxylic acids is 2. The van der Waals surface area contributed by atoms with E-state index in [9.17, 15) is 19.5 Å². The van der Waals surface area contributed by atoms with Crippen molar-refractivity contribution in [2.24, 2.45) is 5.41 Å². The zero-order valence-electron chi connectivity index (χ0n) is 24.3. The van der Waals surface area contributed by atoms with Crippen LogP contribution in [0, 0.1) is 5.41 Å². The molecule has 0 aliphatic carbocycles. The van der Waals surface area contributed by atoms with Crippen molar-refractivity contribution in [2.75, 3.05) is 6.54 Å². The first kappa shape index (κ1) is 30.5. The molecule has 1 heterocycles. The van der Waals surface area contributed by atoms with E-state index in [1.807, 2.05) is 63.2 Å². The van der Waals surface area contributed by atoms with Crippen LogP contribution in [0.3, 0.4) is 0 Å². The number of carboxylic acids is 1. The van der Waals surface area contributed by atoms with Crippen molar-refractivity contribution >= 4 is 29.7 Å². The minimum absolute atomic E-state index is 0.196. The molecule has 7 nitrogen and oxygen atoms in total. The Kier molecular flexibility index (Phi) is 9.10. The summed E-state index contributed by atoms with van der Waals surface area (Å²) in [6.45, 7) is 15.2. The summed E-state index contributed by atoms with van der Waals surface area (Å²) in [4.78, 5) is 40.7. The number of nitrogens with one attached hydrogen (secondary N) is 1. The van der Waals surface area contributed by atoms with Gasteiger partial charge in [0.1, 0.15) is 17.7 Å². The van der Waals surface area contributed by atoms with Crippen molar-refractivity contribution in [3.05, 3.63) is 60.2 Å². The third kappa shape index (κ3) is 7.56. The van der Waals surface area contributed by atoms with Crippen molar-refractivity contribution < 1.29 is 24.2 Å². The van der Waals surface area contributed by atoms with Gasteiger partial charge in [0.25, 0.3) is 0 Å². The summed E-state index contributed by atoms with van der Waals surface area (Å²) in [6, 6.07) is 16.3. The van der Waals surface area contributed by atoms with Gasteiger partial charge in [0.2, 0.25) is 5.91 Å². The van der Waals surface area contributed by atoms with Crippen molar-refractivity contribution in [2.45, 2.75) is 89.5 Å². The fourth-order valence-corrected chi connectivity index (χ4v) is 6.62. The Balaban J connectivity index is 1.98. The van der Waals surface area contributed by atoms with Crippen molar-refractivity contribution in [1.29, 1.82) is 0 Å². The summed E-state index contributed by atoms with van der Waals surface area (Å²) in [5.41, 5.74) is 1.74. The molecule has 3 rings (SSSR count). The van der Waals surface area contributed by atoms with Crippen molar-refractivity contribution in [3.63, 3.8) is 0 Å². The Morgan fingerprint density at radius 3 is 2.03 bits per heavy atom. The second kappa shape index (κ2) is 11.6. The molecular weight excluding hydrogens is 512 g/mol. The first-order valence-electron chi connectivity index (χ1n) is 13.4. The molecule has 3 atom stereocenters. The van der Waals surface area contributed by atoms with Gasteiger partial charge in [-0.2, -0.15) is 0 Å². The third-order valence-corrected chi connectivity index (χ3v) is 8.10. The van der Waals surface area contributed by atoms with Gasteiger partial charge >= 0.3 is 12.1 Å². The first-order valence-corrected chi connectivity index (χ1v) is 14.3. The van der Waals surface area contributed by atoms with Gasteiger partial charge in [-0.05, 0) is 54.5 Å². The van der Waals surface area contributed by atoms with Crippen LogP contribution in [0.1, 0.15) is 67.4 Å². The smallest absolute Gasteiger partial charge is 0.408 e. The number of hydrogen-bond acceptors (Lipinski definition) is 5. The summed E-state index contributed by atoms with van der Waals surface area (Å²) in [7, 11) is 0. The Morgan fingerprint density at radius 1 is 0.974 bits per heavy atom. The molecule has 1 unspecified atom stereocenters. The maximum absolute atomic E-state index is 14.0. The van der Waals surface area contributed by atoms with Crippen molar-refractivity contribution in [1.82, 2.24) is 10.2 Å². The average molecular weight is 555 g/mol. The van der Waals surface area contributed by atoms with E-state index in [2.05, 4.69) is 31.3 Å². The molecule has 0 bridgehead atoms. The highest BCUT2D eigenvalue weighted by Gasteiger charge is 2.53.